The molecule has 2 heterocycles. The molecule has 1 aliphatic heterocycles. The summed E-state index contributed by atoms with van der Waals surface area (Å²) < 4.78 is 18.2. The molecular weight excluding hydrogens is 748 g/mol. The lowest BCUT2D eigenvalue weighted by Gasteiger charge is -2.40. The summed E-state index contributed by atoms with van der Waals surface area (Å²) in [6, 6.07) is 1.10. The molecule has 1 saturated heterocycles. The average molecular weight is 817 g/mol. The topological polar surface area (TPSA) is 194 Å². The first-order valence-corrected chi connectivity index (χ1v) is 20.7. The second-order valence-electron chi connectivity index (χ2n) is 19.4. The Bertz CT molecular complexity index is 1670. The fourth-order valence-electron chi connectivity index (χ4n) is 7.65. The number of hydrogen-bond acceptors (Lipinski definition) is 10. The maximum absolute atomic E-state index is 13.5. The third kappa shape index (κ3) is 14.1. The Hall–Kier alpha value is -4.57. The van der Waals surface area contributed by atoms with Crippen molar-refractivity contribution in [1.82, 2.24) is 34.9 Å². The first-order valence-electron chi connectivity index (χ1n) is 20.7. The highest BCUT2D eigenvalue weighted by Gasteiger charge is 2.38. The molecule has 0 aromatic carbocycles. The van der Waals surface area contributed by atoms with Crippen LogP contribution in [0.3, 0.4) is 0 Å². The Morgan fingerprint density at radius 1 is 0.724 bits per heavy atom. The molecule has 3 fully saturated rings. The van der Waals surface area contributed by atoms with E-state index >= 15 is 0 Å². The highest BCUT2D eigenvalue weighted by molar-refractivity contribution is 5.90. The van der Waals surface area contributed by atoms with Crippen LogP contribution in [0.25, 0.3) is 0 Å². The molecule has 0 spiro atoms. The molecule has 0 unspecified atom stereocenters. The number of rotatable bonds is 8. The molecule has 0 bridgehead atoms. The van der Waals surface area contributed by atoms with E-state index in [9.17, 15) is 28.8 Å². The molecule has 326 valence electrons. The zero-order valence-corrected chi connectivity index (χ0v) is 36.6. The van der Waals surface area contributed by atoms with Gasteiger partial charge in [-0.2, -0.15) is 4.98 Å². The summed E-state index contributed by atoms with van der Waals surface area (Å²) in [4.78, 5) is 86.9. The average Bonchev–Trinajstić information content (AvgIpc) is 3.08. The standard InChI is InChI=1S/C41H68N8O9/c1-38(2,3)56-35(53)42-28-14-18-30(19-15-28)49(37(55)58-40(7,8)9)26-27-12-16-29(17-13-27)48-21-20-31(44-34(48)52)43-33(51)47-24-22-46(23-25-47)32(50)41(10,11)45-36(54)57-39(4,5)6/h20-21,27-30H,12-19,22-26H2,1-11H3,(H,42,53)(H,45,54)(H,43,44,51,52)/t27-,28-,29-,30-. The fraction of sp³-hybridized carbons (Fsp3) is 0.780. The number of aromatic nitrogens is 2. The molecule has 2 aliphatic carbocycles. The Kier molecular flexibility index (Phi) is 14.8. The van der Waals surface area contributed by atoms with E-state index in [0.717, 1.165) is 51.4 Å². The molecule has 3 aliphatic rings. The summed E-state index contributed by atoms with van der Waals surface area (Å²) in [5.41, 5.74) is -3.58. The number of nitrogens with zero attached hydrogens (tertiary/aromatic N) is 5. The summed E-state index contributed by atoms with van der Waals surface area (Å²) in [6.07, 6.45) is 6.26. The van der Waals surface area contributed by atoms with E-state index in [1.165, 1.54) is 0 Å². The van der Waals surface area contributed by atoms with Gasteiger partial charge in [-0.25, -0.2) is 24.0 Å². The van der Waals surface area contributed by atoms with Gasteiger partial charge in [0.1, 0.15) is 28.2 Å². The van der Waals surface area contributed by atoms with Gasteiger partial charge < -0.3 is 39.5 Å². The number of amides is 6. The number of piperazine rings is 1. The van der Waals surface area contributed by atoms with Crippen molar-refractivity contribution >= 4 is 36.0 Å². The summed E-state index contributed by atoms with van der Waals surface area (Å²) in [5, 5.41) is 8.33. The number of alkyl carbamates (subject to hydrolysis) is 2. The van der Waals surface area contributed by atoms with Crippen LogP contribution in [0.2, 0.25) is 0 Å². The lowest BCUT2D eigenvalue weighted by Crippen LogP contribution is -2.60. The van der Waals surface area contributed by atoms with Crippen molar-refractivity contribution in [1.29, 1.82) is 0 Å². The summed E-state index contributed by atoms with van der Waals surface area (Å²) in [7, 11) is 0. The zero-order chi connectivity index (χ0) is 43.2. The van der Waals surface area contributed by atoms with E-state index in [4.69, 9.17) is 14.2 Å². The predicted molar refractivity (Wildman–Crippen MR) is 218 cm³/mol. The van der Waals surface area contributed by atoms with Crippen LogP contribution in [0, 0.1) is 5.92 Å². The molecule has 2 saturated carbocycles. The van der Waals surface area contributed by atoms with Gasteiger partial charge in [0.2, 0.25) is 5.91 Å². The first-order chi connectivity index (χ1) is 26.8. The second kappa shape index (κ2) is 18.6. The van der Waals surface area contributed by atoms with E-state index in [2.05, 4.69) is 20.9 Å². The molecule has 3 N–H and O–H groups in total. The first kappa shape index (κ1) is 46.1. The number of carbonyl (C=O) groups is 5. The molecule has 17 nitrogen and oxygen atoms in total. The molecule has 0 atom stereocenters. The summed E-state index contributed by atoms with van der Waals surface area (Å²) in [5.74, 6) is 0.0865. The van der Waals surface area contributed by atoms with E-state index in [0.29, 0.717) is 6.54 Å². The molecule has 4 rings (SSSR count). The third-order valence-corrected chi connectivity index (χ3v) is 10.4. The number of urea groups is 1. The molecule has 1 aromatic rings. The monoisotopic (exact) mass is 817 g/mol. The normalized spacial score (nSPS) is 22.0. The molecule has 58 heavy (non-hydrogen) atoms. The molecule has 1 aromatic heterocycles. The summed E-state index contributed by atoms with van der Waals surface area (Å²) in [6.45, 7) is 21.2. The van der Waals surface area contributed by atoms with Crippen LogP contribution in [-0.2, 0) is 19.0 Å². The number of hydrogen-bond donors (Lipinski definition) is 3. The maximum Gasteiger partial charge on any atom is 0.410 e. The van der Waals surface area contributed by atoms with Gasteiger partial charge >= 0.3 is 30.0 Å². The van der Waals surface area contributed by atoms with Crippen molar-refractivity contribution in [3.8, 4) is 0 Å². The minimum absolute atomic E-state index is 0.00883. The van der Waals surface area contributed by atoms with Crippen LogP contribution in [0.4, 0.5) is 25.0 Å². The maximum atomic E-state index is 13.5. The Labute approximate surface area is 343 Å². The van der Waals surface area contributed by atoms with Crippen molar-refractivity contribution in [2.45, 2.75) is 168 Å². The van der Waals surface area contributed by atoms with Gasteiger partial charge in [-0.3, -0.25) is 14.7 Å². The van der Waals surface area contributed by atoms with Gasteiger partial charge in [-0.05, 0) is 140 Å². The van der Waals surface area contributed by atoms with E-state index in [1.54, 1.807) is 61.2 Å². The summed E-state index contributed by atoms with van der Waals surface area (Å²) >= 11 is 0. The number of nitrogens with one attached hydrogen (secondary N) is 3. The zero-order valence-electron chi connectivity index (χ0n) is 36.6. The van der Waals surface area contributed by atoms with Crippen molar-refractivity contribution in [3.05, 3.63) is 22.7 Å². The van der Waals surface area contributed by atoms with Gasteiger partial charge in [-0.15, -0.1) is 0 Å². The van der Waals surface area contributed by atoms with Gasteiger partial charge in [-0.1, -0.05) is 0 Å². The lowest BCUT2D eigenvalue weighted by atomic mass is 9.84. The molecule has 6 amide bonds. The predicted octanol–water partition coefficient (Wildman–Crippen LogP) is 6.03. The molecular formula is C41H68N8O9. The SMILES string of the molecule is CC(C)(C)OC(=O)NC(C)(C)C(=O)N1CCN(C(=O)Nc2ccn([C@H]3CC[C@H](CN(C(=O)OC(C)(C)C)[C@H]4CC[C@H](NC(=O)OC(C)(C)C)CC4)CC3)c(=O)n2)CC1. The van der Waals surface area contributed by atoms with Gasteiger partial charge in [0.15, 0.2) is 0 Å². The third-order valence-electron chi connectivity index (χ3n) is 10.4. The number of carbonyl (C=O) groups excluding carboxylic acids is 5. The van der Waals surface area contributed by atoms with Gasteiger partial charge in [0.05, 0.1) is 0 Å². The number of anilines is 1. The van der Waals surface area contributed by atoms with Gasteiger partial charge in [0.25, 0.3) is 0 Å². The van der Waals surface area contributed by atoms with E-state index in [-0.39, 0.29) is 68.0 Å². The van der Waals surface area contributed by atoms with Crippen molar-refractivity contribution in [2.24, 2.45) is 5.92 Å². The molecule has 0 radical (unpaired) electrons. The fourth-order valence-corrected chi connectivity index (χ4v) is 7.65. The largest absolute Gasteiger partial charge is 0.444 e. The van der Waals surface area contributed by atoms with Crippen LogP contribution in [0.15, 0.2) is 17.1 Å². The highest BCUT2D eigenvalue weighted by Crippen LogP contribution is 2.34. The van der Waals surface area contributed by atoms with Gasteiger partial charge in [0, 0.05) is 57.0 Å². The number of ether oxygens (including phenoxy) is 3. The molecule has 17 heteroatoms. The minimum atomic E-state index is -1.20. The van der Waals surface area contributed by atoms with E-state index in [1.807, 2.05) is 46.4 Å². The van der Waals surface area contributed by atoms with Crippen molar-refractivity contribution in [2.75, 3.05) is 38.0 Å². The van der Waals surface area contributed by atoms with Crippen LogP contribution in [0.1, 0.15) is 134 Å². The lowest BCUT2D eigenvalue weighted by molar-refractivity contribution is -0.138. The van der Waals surface area contributed by atoms with E-state index < -0.39 is 46.2 Å². The minimum Gasteiger partial charge on any atom is -0.444 e. The van der Waals surface area contributed by atoms with Crippen LogP contribution >= 0.6 is 0 Å². The Morgan fingerprint density at radius 2 is 1.26 bits per heavy atom. The van der Waals surface area contributed by atoms with Crippen LogP contribution in [0.5, 0.6) is 0 Å². The van der Waals surface area contributed by atoms with Crippen molar-refractivity contribution in [3.63, 3.8) is 0 Å². The highest BCUT2D eigenvalue weighted by atomic mass is 16.6. The quantitative estimate of drug-likeness (QED) is 0.261. The van der Waals surface area contributed by atoms with Crippen LogP contribution < -0.4 is 21.6 Å². The Balaban J connectivity index is 1.27. The smallest absolute Gasteiger partial charge is 0.410 e. The second-order valence-corrected chi connectivity index (χ2v) is 19.4. The Morgan fingerprint density at radius 3 is 1.79 bits per heavy atom. The van der Waals surface area contributed by atoms with Crippen LogP contribution in [-0.4, -0.2) is 122 Å². The van der Waals surface area contributed by atoms with Crippen molar-refractivity contribution < 1.29 is 38.2 Å².